The summed E-state index contributed by atoms with van der Waals surface area (Å²) < 4.78 is 6.55. The average molecular weight is 409 g/mol. The molecular weight excluding hydrogens is 390 g/mol. The maximum absolute atomic E-state index is 12.5. The zero-order valence-corrected chi connectivity index (χ0v) is 16.5. The van der Waals surface area contributed by atoms with E-state index in [1.54, 1.807) is 44.4 Å². The van der Waals surface area contributed by atoms with E-state index in [1.165, 1.54) is 30.0 Å². The van der Waals surface area contributed by atoms with Crippen molar-refractivity contribution < 1.29 is 19.2 Å². The maximum Gasteiger partial charge on any atom is 0.269 e. The molecule has 0 aliphatic rings. The van der Waals surface area contributed by atoms with E-state index in [0.29, 0.717) is 22.5 Å². The van der Waals surface area contributed by atoms with Crippen molar-refractivity contribution in [3.63, 3.8) is 0 Å². The molecule has 10 nitrogen and oxygen atoms in total. The highest BCUT2D eigenvalue weighted by Crippen LogP contribution is 2.22. The predicted molar refractivity (Wildman–Crippen MR) is 110 cm³/mol. The number of nitro benzene ring substituents is 1. The van der Waals surface area contributed by atoms with Crippen LogP contribution in [0.1, 0.15) is 26.3 Å². The molecule has 1 heterocycles. The number of nitro groups is 1. The third-order valence-corrected chi connectivity index (χ3v) is 4.31. The minimum atomic E-state index is -0.493. The molecule has 2 amide bonds. The van der Waals surface area contributed by atoms with Crippen LogP contribution < -0.4 is 15.4 Å². The second-order valence-corrected chi connectivity index (χ2v) is 6.47. The summed E-state index contributed by atoms with van der Waals surface area (Å²) in [5.74, 6) is -0.554. The first-order valence-corrected chi connectivity index (χ1v) is 8.84. The smallest absolute Gasteiger partial charge is 0.269 e. The van der Waals surface area contributed by atoms with Gasteiger partial charge in [-0.3, -0.25) is 24.4 Å². The molecule has 0 saturated carbocycles. The highest BCUT2D eigenvalue weighted by molar-refractivity contribution is 6.07. The lowest BCUT2D eigenvalue weighted by Crippen LogP contribution is -2.14. The van der Waals surface area contributed by atoms with Crippen LogP contribution in [0.2, 0.25) is 0 Å². The van der Waals surface area contributed by atoms with Crippen LogP contribution in [-0.2, 0) is 7.05 Å². The van der Waals surface area contributed by atoms with Crippen molar-refractivity contribution in [2.45, 2.75) is 6.92 Å². The van der Waals surface area contributed by atoms with Crippen LogP contribution in [0.5, 0.6) is 5.88 Å². The summed E-state index contributed by atoms with van der Waals surface area (Å²) in [6.45, 7) is 1.67. The van der Waals surface area contributed by atoms with E-state index in [2.05, 4.69) is 15.7 Å². The van der Waals surface area contributed by atoms with E-state index >= 15 is 0 Å². The number of hydrogen-bond donors (Lipinski definition) is 2. The monoisotopic (exact) mass is 409 g/mol. The molecule has 0 saturated heterocycles. The lowest BCUT2D eigenvalue weighted by atomic mass is 10.1. The Hall–Kier alpha value is -4.21. The average Bonchev–Trinajstić information content (AvgIpc) is 3.10. The van der Waals surface area contributed by atoms with Crippen molar-refractivity contribution in [1.29, 1.82) is 0 Å². The zero-order valence-electron chi connectivity index (χ0n) is 16.5. The molecule has 0 bridgehead atoms. The van der Waals surface area contributed by atoms with Gasteiger partial charge in [0.1, 0.15) is 5.56 Å². The van der Waals surface area contributed by atoms with Crippen molar-refractivity contribution in [1.82, 2.24) is 9.78 Å². The number of hydrogen-bond acceptors (Lipinski definition) is 6. The minimum absolute atomic E-state index is 0.0455. The summed E-state index contributed by atoms with van der Waals surface area (Å²) in [6.07, 6.45) is 1.54. The number of amides is 2. The lowest BCUT2D eigenvalue weighted by Gasteiger charge is -2.09. The van der Waals surface area contributed by atoms with Gasteiger partial charge in [-0.1, -0.05) is 0 Å². The fraction of sp³-hybridized carbons (Fsp3) is 0.150. The molecule has 0 aliphatic heterocycles. The Bertz CT molecular complexity index is 1120. The Balaban J connectivity index is 1.68. The second-order valence-electron chi connectivity index (χ2n) is 6.47. The van der Waals surface area contributed by atoms with Crippen molar-refractivity contribution in [3.8, 4) is 5.88 Å². The van der Waals surface area contributed by atoms with Gasteiger partial charge in [0, 0.05) is 42.3 Å². The van der Waals surface area contributed by atoms with Gasteiger partial charge in [-0.15, -0.1) is 5.10 Å². The Morgan fingerprint density at radius 3 is 2.40 bits per heavy atom. The summed E-state index contributed by atoms with van der Waals surface area (Å²) in [5.41, 5.74) is 2.16. The Morgan fingerprint density at radius 2 is 1.80 bits per heavy atom. The number of nitrogens with one attached hydrogen (secondary N) is 2. The van der Waals surface area contributed by atoms with Crippen molar-refractivity contribution in [2.75, 3.05) is 17.7 Å². The molecular formula is C20H19N5O5. The molecule has 0 radical (unpaired) electrons. The SMILES string of the molecule is COc1nn(C)cc1C(=O)Nc1ccc(C(=O)Nc2ccc([N+](=O)[O-])cc2C)cc1. The highest BCUT2D eigenvalue weighted by Gasteiger charge is 2.17. The van der Waals surface area contributed by atoms with E-state index in [0.717, 1.165) is 0 Å². The van der Waals surface area contributed by atoms with Gasteiger partial charge >= 0.3 is 0 Å². The van der Waals surface area contributed by atoms with Gasteiger partial charge in [-0.25, -0.2) is 0 Å². The number of ether oxygens (including phenoxy) is 1. The fourth-order valence-electron chi connectivity index (χ4n) is 2.77. The van der Waals surface area contributed by atoms with Crippen LogP contribution in [0.15, 0.2) is 48.7 Å². The van der Waals surface area contributed by atoms with E-state index in [1.807, 2.05) is 0 Å². The second kappa shape index (κ2) is 8.43. The first kappa shape index (κ1) is 20.5. The lowest BCUT2D eigenvalue weighted by molar-refractivity contribution is -0.384. The number of benzene rings is 2. The number of aryl methyl sites for hydroxylation is 2. The summed E-state index contributed by atoms with van der Waals surface area (Å²) in [7, 11) is 3.11. The fourth-order valence-corrected chi connectivity index (χ4v) is 2.77. The van der Waals surface area contributed by atoms with Crippen LogP contribution in [-0.4, -0.2) is 33.6 Å². The van der Waals surface area contributed by atoms with Crippen molar-refractivity contribution >= 4 is 28.9 Å². The number of rotatable bonds is 6. The quantitative estimate of drug-likeness (QED) is 0.475. The Kier molecular flexibility index (Phi) is 5.77. The summed E-state index contributed by atoms with van der Waals surface area (Å²) in [4.78, 5) is 35.2. The molecule has 0 unspecified atom stereocenters. The molecule has 0 atom stereocenters. The predicted octanol–water partition coefficient (Wildman–Crippen LogP) is 3.15. The number of anilines is 2. The molecule has 1 aromatic heterocycles. The molecule has 0 aliphatic carbocycles. The summed E-state index contributed by atoms with van der Waals surface area (Å²) >= 11 is 0. The molecule has 2 N–H and O–H groups in total. The third kappa shape index (κ3) is 4.43. The van der Waals surface area contributed by atoms with E-state index < -0.39 is 10.8 Å². The standard InChI is InChI=1S/C20H19N5O5/c1-12-10-15(25(28)29)8-9-17(12)22-18(26)13-4-6-14(7-5-13)21-19(27)16-11-24(2)23-20(16)30-3/h4-11H,1-3H3,(H,21,27)(H,22,26). The molecule has 3 rings (SSSR count). The van der Waals surface area contributed by atoms with Crippen molar-refractivity contribution in [2.24, 2.45) is 7.05 Å². The van der Waals surface area contributed by atoms with Crippen LogP contribution in [0.3, 0.4) is 0 Å². The topological polar surface area (TPSA) is 128 Å². The normalized spacial score (nSPS) is 10.4. The molecule has 30 heavy (non-hydrogen) atoms. The van der Waals surface area contributed by atoms with E-state index in [9.17, 15) is 19.7 Å². The highest BCUT2D eigenvalue weighted by atomic mass is 16.6. The van der Waals surface area contributed by atoms with E-state index in [-0.39, 0.29) is 23.0 Å². The first-order valence-electron chi connectivity index (χ1n) is 8.84. The van der Waals surface area contributed by atoms with Crippen LogP contribution in [0.25, 0.3) is 0 Å². The zero-order chi connectivity index (χ0) is 21.8. The molecule has 0 fully saturated rings. The number of carbonyl (C=O) groups excluding carboxylic acids is 2. The molecule has 154 valence electrons. The number of nitrogens with zero attached hydrogens (tertiary/aromatic N) is 3. The number of carbonyl (C=O) groups is 2. The van der Waals surface area contributed by atoms with Crippen LogP contribution >= 0.6 is 0 Å². The van der Waals surface area contributed by atoms with Gasteiger partial charge in [0.2, 0.25) is 5.88 Å². The van der Waals surface area contributed by atoms with Gasteiger partial charge in [-0.2, -0.15) is 0 Å². The largest absolute Gasteiger partial charge is 0.479 e. The number of non-ortho nitro benzene ring substituents is 1. The van der Waals surface area contributed by atoms with Gasteiger partial charge in [0.05, 0.1) is 12.0 Å². The van der Waals surface area contributed by atoms with Crippen LogP contribution in [0, 0.1) is 17.0 Å². The van der Waals surface area contributed by atoms with E-state index in [4.69, 9.17) is 4.74 Å². The molecule has 3 aromatic rings. The van der Waals surface area contributed by atoms with Gasteiger partial charge in [0.15, 0.2) is 0 Å². The molecule has 2 aromatic carbocycles. The number of methoxy groups -OCH3 is 1. The van der Waals surface area contributed by atoms with Crippen molar-refractivity contribution in [3.05, 3.63) is 75.5 Å². The van der Waals surface area contributed by atoms with Gasteiger partial charge in [0.25, 0.3) is 17.5 Å². The third-order valence-electron chi connectivity index (χ3n) is 4.31. The van der Waals surface area contributed by atoms with Gasteiger partial charge < -0.3 is 15.4 Å². The number of aromatic nitrogens is 2. The first-order chi connectivity index (χ1) is 14.3. The van der Waals surface area contributed by atoms with Gasteiger partial charge in [-0.05, 0) is 42.8 Å². The molecule has 10 heteroatoms. The summed E-state index contributed by atoms with van der Waals surface area (Å²) in [6, 6.07) is 10.5. The Morgan fingerprint density at radius 1 is 1.10 bits per heavy atom. The van der Waals surface area contributed by atoms with Crippen LogP contribution in [0.4, 0.5) is 17.1 Å². The summed E-state index contributed by atoms with van der Waals surface area (Å²) in [5, 5.41) is 20.3. The Labute approximate surface area is 171 Å². The maximum atomic E-state index is 12.5. The molecule has 0 spiro atoms. The minimum Gasteiger partial charge on any atom is -0.479 e.